The quantitative estimate of drug-likeness (QED) is 0.506. The van der Waals surface area contributed by atoms with E-state index in [0.717, 1.165) is 19.3 Å². The second-order valence-electron chi connectivity index (χ2n) is 9.24. The first-order chi connectivity index (χ1) is 13.0. The second-order valence-corrected chi connectivity index (χ2v) is 14.0. The van der Waals surface area contributed by atoms with Gasteiger partial charge in [0.25, 0.3) is 5.56 Å². The van der Waals surface area contributed by atoms with Crippen molar-refractivity contribution < 1.29 is 14.3 Å². The SMILES string of the molecule is CCCCCc1cn([C@H]2C[C@H](O[Si](C)(C)C(C)(C)C)[C@@H](CO)O2)c(=O)[nH]c1=O. The molecule has 1 saturated heterocycles. The lowest BCUT2D eigenvalue weighted by Gasteiger charge is -2.39. The number of nitrogens with zero attached hydrogens (tertiary/aromatic N) is 1. The number of rotatable bonds is 8. The summed E-state index contributed by atoms with van der Waals surface area (Å²) in [5, 5.41) is 9.81. The number of hydrogen-bond donors (Lipinski definition) is 2. The van der Waals surface area contributed by atoms with Crippen LogP contribution in [0.1, 0.15) is 65.2 Å². The summed E-state index contributed by atoms with van der Waals surface area (Å²) in [5.74, 6) is 0. The number of hydrogen-bond acceptors (Lipinski definition) is 5. The Hall–Kier alpha value is -1.22. The van der Waals surface area contributed by atoms with Crippen molar-refractivity contribution in [1.29, 1.82) is 0 Å². The van der Waals surface area contributed by atoms with Crippen molar-refractivity contribution in [3.63, 3.8) is 0 Å². The summed E-state index contributed by atoms with van der Waals surface area (Å²) in [4.78, 5) is 26.9. The highest BCUT2D eigenvalue weighted by Gasteiger charge is 2.45. The molecule has 2 N–H and O–H groups in total. The van der Waals surface area contributed by atoms with E-state index in [1.54, 1.807) is 6.20 Å². The molecule has 2 rings (SSSR count). The van der Waals surface area contributed by atoms with Gasteiger partial charge in [0, 0.05) is 18.2 Å². The lowest BCUT2D eigenvalue weighted by atomic mass is 10.1. The summed E-state index contributed by atoms with van der Waals surface area (Å²) >= 11 is 0. The minimum atomic E-state index is -2.05. The molecule has 1 aromatic rings. The van der Waals surface area contributed by atoms with Gasteiger partial charge in [-0.05, 0) is 31.0 Å². The average Bonchev–Trinajstić information content (AvgIpc) is 2.97. The molecule has 7 nitrogen and oxygen atoms in total. The molecule has 28 heavy (non-hydrogen) atoms. The molecule has 0 amide bonds. The van der Waals surface area contributed by atoms with E-state index < -0.39 is 26.3 Å². The van der Waals surface area contributed by atoms with Gasteiger partial charge in [0.15, 0.2) is 8.32 Å². The first kappa shape index (κ1) is 23.1. The molecule has 3 atom stereocenters. The molecule has 0 spiro atoms. The van der Waals surface area contributed by atoms with E-state index in [4.69, 9.17) is 9.16 Å². The fourth-order valence-corrected chi connectivity index (χ4v) is 4.56. The van der Waals surface area contributed by atoms with Crippen molar-refractivity contribution in [2.45, 2.75) is 96.4 Å². The molecule has 8 heteroatoms. The van der Waals surface area contributed by atoms with Crippen LogP contribution in [-0.4, -0.2) is 41.8 Å². The Labute approximate surface area is 168 Å². The van der Waals surface area contributed by atoms with Crippen LogP contribution in [0.4, 0.5) is 0 Å². The third-order valence-corrected chi connectivity index (χ3v) is 10.5. The molecule has 0 aliphatic carbocycles. The lowest BCUT2D eigenvalue weighted by molar-refractivity contribution is -0.0439. The summed E-state index contributed by atoms with van der Waals surface area (Å²) in [7, 11) is -2.05. The number of aryl methyl sites for hydroxylation is 1. The normalized spacial score (nSPS) is 23.3. The molecule has 0 unspecified atom stereocenters. The van der Waals surface area contributed by atoms with E-state index in [0.29, 0.717) is 18.4 Å². The van der Waals surface area contributed by atoms with Crippen LogP contribution in [0.2, 0.25) is 18.1 Å². The van der Waals surface area contributed by atoms with Crippen molar-refractivity contribution in [3.05, 3.63) is 32.6 Å². The van der Waals surface area contributed by atoms with Crippen LogP contribution in [0.25, 0.3) is 0 Å². The van der Waals surface area contributed by atoms with E-state index in [2.05, 4.69) is 45.8 Å². The maximum absolute atomic E-state index is 12.4. The zero-order valence-electron chi connectivity index (χ0n) is 18.1. The Morgan fingerprint density at radius 2 is 2.00 bits per heavy atom. The predicted octanol–water partition coefficient (Wildman–Crippen LogP) is 2.94. The van der Waals surface area contributed by atoms with Gasteiger partial charge in [0.05, 0.1) is 12.7 Å². The van der Waals surface area contributed by atoms with E-state index in [1.165, 1.54) is 4.57 Å². The van der Waals surface area contributed by atoms with E-state index in [9.17, 15) is 14.7 Å². The second kappa shape index (κ2) is 9.07. The average molecular weight is 413 g/mol. The van der Waals surface area contributed by atoms with Crippen LogP contribution in [0, 0.1) is 0 Å². The molecule has 1 aromatic heterocycles. The van der Waals surface area contributed by atoms with Crippen LogP contribution in [0.15, 0.2) is 15.8 Å². The van der Waals surface area contributed by atoms with Crippen LogP contribution in [0.5, 0.6) is 0 Å². The van der Waals surface area contributed by atoms with Crippen molar-refractivity contribution >= 4 is 8.32 Å². The maximum atomic E-state index is 12.4. The van der Waals surface area contributed by atoms with Gasteiger partial charge in [0.2, 0.25) is 0 Å². The van der Waals surface area contributed by atoms with E-state index in [-0.39, 0.29) is 23.3 Å². The van der Waals surface area contributed by atoms with Gasteiger partial charge >= 0.3 is 5.69 Å². The zero-order chi connectivity index (χ0) is 21.1. The third-order valence-electron chi connectivity index (χ3n) is 6.01. The van der Waals surface area contributed by atoms with E-state index in [1.807, 2.05) is 0 Å². The summed E-state index contributed by atoms with van der Waals surface area (Å²) < 4.78 is 13.9. The smallest absolute Gasteiger partial charge is 0.330 e. The summed E-state index contributed by atoms with van der Waals surface area (Å²) in [6.07, 6.45) is 4.40. The highest BCUT2D eigenvalue weighted by molar-refractivity contribution is 6.74. The molecule has 1 aliphatic heterocycles. The molecular formula is C20H36N2O5Si. The number of aromatic nitrogens is 2. The predicted molar refractivity (Wildman–Crippen MR) is 112 cm³/mol. The van der Waals surface area contributed by atoms with Gasteiger partial charge < -0.3 is 14.3 Å². The Kier molecular flexibility index (Phi) is 7.47. The van der Waals surface area contributed by atoms with Crippen molar-refractivity contribution in [1.82, 2.24) is 9.55 Å². The number of ether oxygens (including phenoxy) is 1. The minimum absolute atomic E-state index is 0.0341. The number of unbranched alkanes of at least 4 members (excludes halogenated alkanes) is 2. The fraction of sp³-hybridized carbons (Fsp3) is 0.800. The molecule has 160 valence electrons. The van der Waals surface area contributed by atoms with Crippen LogP contribution < -0.4 is 11.2 Å². The summed E-state index contributed by atoms with van der Waals surface area (Å²) in [5.41, 5.74) is -0.229. The van der Waals surface area contributed by atoms with Gasteiger partial charge in [-0.3, -0.25) is 14.3 Å². The zero-order valence-corrected chi connectivity index (χ0v) is 19.1. The van der Waals surface area contributed by atoms with Gasteiger partial charge in [-0.15, -0.1) is 0 Å². The molecule has 0 aromatic carbocycles. The lowest BCUT2D eigenvalue weighted by Crippen LogP contribution is -2.46. The molecule has 2 heterocycles. The Bertz CT molecular complexity index is 765. The monoisotopic (exact) mass is 412 g/mol. The Morgan fingerprint density at radius 3 is 2.57 bits per heavy atom. The van der Waals surface area contributed by atoms with Crippen molar-refractivity contribution in [2.24, 2.45) is 0 Å². The number of aliphatic hydroxyl groups is 1. The first-order valence-electron chi connectivity index (χ1n) is 10.3. The van der Waals surface area contributed by atoms with Crippen molar-refractivity contribution in [2.75, 3.05) is 6.61 Å². The Balaban J connectivity index is 2.23. The molecule has 0 radical (unpaired) electrons. The third kappa shape index (κ3) is 5.22. The van der Waals surface area contributed by atoms with Crippen LogP contribution in [0.3, 0.4) is 0 Å². The first-order valence-corrected chi connectivity index (χ1v) is 13.2. The minimum Gasteiger partial charge on any atom is -0.411 e. The standard InChI is InChI=1S/C20H36N2O5Si/c1-7-8-9-10-14-12-22(19(25)21-18(14)24)17-11-15(16(13-23)26-17)27-28(5,6)20(2,3)4/h12,15-17,23H,7-11,13H2,1-6H3,(H,21,24,25)/t15-,16+,17+/m0/s1. The van der Waals surface area contributed by atoms with E-state index >= 15 is 0 Å². The van der Waals surface area contributed by atoms with Gasteiger partial charge in [-0.1, -0.05) is 40.5 Å². The highest BCUT2D eigenvalue weighted by Crippen LogP contribution is 2.40. The fourth-order valence-electron chi connectivity index (χ4n) is 3.20. The summed E-state index contributed by atoms with van der Waals surface area (Å²) in [6, 6.07) is 0. The molecule has 0 bridgehead atoms. The van der Waals surface area contributed by atoms with Crippen molar-refractivity contribution in [3.8, 4) is 0 Å². The van der Waals surface area contributed by atoms with Gasteiger partial charge in [0.1, 0.15) is 12.3 Å². The number of aromatic amines is 1. The topological polar surface area (TPSA) is 93.6 Å². The van der Waals surface area contributed by atoms with Crippen LogP contribution >= 0.6 is 0 Å². The number of aliphatic hydroxyl groups excluding tert-OH is 1. The maximum Gasteiger partial charge on any atom is 0.330 e. The molecular weight excluding hydrogens is 376 g/mol. The largest absolute Gasteiger partial charge is 0.411 e. The number of H-pyrrole nitrogens is 1. The molecule has 0 saturated carbocycles. The number of nitrogens with one attached hydrogen (secondary N) is 1. The highest BCUT2D eigenvalue weighted by atomic mass is 28.4. The van der Waals surface area contributed by atoms with Gasteiger partial charge in [-0.2, -0.15) is 0 Å². The van der Waals surface area contributed by atoms with Gasteiger partial charge in [-0.25, -0.2) is 4.79 Å². The van der Waals surface area contributed by atoms with Crippen LogP contribution in [-0.2, 0) is 15.6 Å². The molecule has 1 fully saturated rings. The Morgan fingerprint density at radius 1 is 1.32 bits per heavy atom. The molecule has 1 aliphatic rings. The summed E-state index contributed by atoms with van der Waals surface area (Å²) in [6.45, 7) is 12.7.